The van der Waals surface area contributed by atoms with Crippen LogP contribution in [0, 0.1) is 24.2 Å². The maximum atomic E-state index is 13.4. The molecule has 2 amide bonds. The zero-order valence-electron chi connectivity index (χ0n) is 21.8. The molecule has 1 saturated heterocycles. The normalized spacial score (nSPS) is 16.7. The van der Waals surface area contributed by atoms with Crippen molar-refractivity contribution in [2.24, 2.45) is 11.8 Å². The van der Waals surface area contributed by atoms with Gasteiger partial charge in [-0.25, -0.2) is 4.79 Å². The lowest BCUT2D eigenvalue weighted by Gasteiger charge is -2.21. The summed E-state index contributed by atoms with van der Waals surface area (Å²) in [7, 11) is 0. The molecule has 0 saturated carbocycles. The highest BCUT2D eigenvalue weighted by Gasteiger charge is 2.34. The average Bonchev–Trinajstić information content (AvgIpc) is 3.56. The predicted molar refractivity (Wildman–Crippen MR) is 141 cm³/mol. The zero-order chi connectivity index (χ0) is 29.3. The molecule has 3 rings (SSSR count). The van der Waals surface area contributed by atoms with Gasteiger partial charge in [0.2, 0.25) is 11.8 Å². The lowest BCUT2D eigenvalue weighted by atomic mass is 9.94. The molecule has 212 valence electrons. The number of benzene rings is 1. The summed E-state index contributed by atoms with van der Waals surface area (Å²) in [6.07, 6.45) is 3.87. The summed E-state index contributed by atoms with van der Waals surface area (Å²) in [4.78, 5) is 52.8. The Bertz CT molecular complexity index is 1310. The van der Waals surface area contributed by atoms with Gasteiger partial charge >= 0.3 is 12.1 Å². The molecule has 1 fully saturated rings. The van der Waals surface area contributed by atoms with Gasteiger partial charge in [-0.15, -0.1) is 12.3 Å². The third-order valence-electron chi connectivity index (χ3n) is 6.46. The molecule has 3 unspecified atom stereocenters. The molecule has 0 spiro atoms. The summed E-state index contributed by atoms with van der Waals surface area (Å²) in [5.74, 6) is -0.792. The minimum absolute atomic E-state index is 0.0307. The second-order valence-electron chi connectivity index (χ2n) is 9.30. The number of rotatable bonds is 12. The van der Waals surface area contributed by atoms with Crippen LogP contribution >= 0.6 is 0 Å². The molecule has 1 aliphatic rings. The number of halogens is 3. The standard InChI is InChI=1S/C29H30F3N3O5/c1-3-7-18(28(39)34-20(10-13-26(37)40-4-2)16-19-14-15-33-27(19)38)17-25(36)24-12-11-23(35-24)21-8-5-6-9-22(21)29(30,31)32/h1,5-6,8-13,18-20,35H,4,7,14-17H2,2H3,(H,33,38)(H,34,39)/b13-10+. The first-order valence-electron chi connectivity index (χ1n) is 12.8. The third kappa shape index (κ3) is 8.09. The van der Waals surface area contributed by atoms with Crippen LogP contribution < -0.4 is 10.6 Å². The van der Waals surface area contributed by atoms with Crippen molar-refractivity contribution in [3.05, 3.63) is 59.8 Å². The molecule has 2 heterocycles. The van der Waals surface area contributed by atoms with Gasteiger partial charge in [-0.2, -0.15) is 13.2 Å². The molecule has 0 aliphatic carbocycles. The average molecular weight is 558 g/mol. The van der Waals surface area contributed by atoms with E-state index in [1.54, 1.807) is 6.92 Å². The van der Waals surface area contributed by atoms with E-state index in [-0.39, 0.29) is 54.6 Å². The van der Waals surface area contributed by atoms with Gasteiger partial charge < -0.3 is 20.4 Å². The molecule has 11 heteroatoms. The maximum Gasteiger partial charge on any atom is 0.417 e. The summed E-state index contributed by atoms with van der Waals surface area (Å²) in [6, 6.07) is 7.01. The quantitative estimate of drug-likeness (QED) is 0.158. The first-order valence-corrected chi connectivity index (χ1v) is 12.8. The fraction of sp³-hybridized carbons (Fsp3) is 0.379. The van der Waals surface area contributed by atoms with Crippen molar-refractivity contribution in [2.45, 2.75) is 44.8 Å². The van der Waals surface area contributed by atoms with Crippen molar-refractivity contribution in [1.29, 1.82) is 0 Å². The molecule has 1 aromatic carbocycles. The van der Waals surface area contributed by atoms with E-state index in [1.807, 2.05) is 0 Å². The number of carbonyl (C=O) groups is 4. The number of hydrogen-bond donors (Lipinski definition) is 3. The Labute approximate surface area is 229 Å². The van der Waals surface area contributed by atoms with Crippen molar-refractivity contribution in [2.75, 3.05) is 13.2 Å². The van der Waals surface area contributed by atoms with Crippen LogP contribution in [0.25, 0.3) is 11.3 Å². The van der Waals surface area contributed by atoms with Crippen LogP contribution in [0.3, 0.4) is 0 Å². The van der Waals surface area contributed by atoms with Crippen LogP contribution in [0.4, 0.5) is 13.2 Å². The number of terminal acetylenes is 1. The van der Waals surface area contributed by atoms with Crippen molar-refractivity contribution >= 4 is 23.6 Å². The molecule has 1 aromatic heterocycles. The van der Waals surface area contributed by atoms with Crippen molar-refractivity contribution < 1.29 is 37.1 Å². The topological polar surface area (TPSA) is 117 Å². The number of aromatic nitrogens is 1. The molecule has 2 aromatic rings. The molecule has 8 nitrogen and oxygen atoms in total. The van der Waals surface area contributed by atoms with Crippen LogP contribution in [0.2, 0.25) is 0 Å². The van der Waals surface area contributed by atoms with Gasteiger partial charge in [-0.05, 0) is 38.0 Å². The minimum Gasteiger partial charge on any atom is -0.463 e. The first-order chi connectivity index (χ1) is 19.0. The minimum atomic E-state index is -4.58. The molecular weight excluding hydrogens is 527 g/mol. The van der Waals surface area contributed by atoms with E-state index in [2.05, 4.69) is 21.5 Å². The molecule has 0 bridgehead atoms. The first kappa shape index (κ1) is 30.2. The summed E-state index contributed by atoms with van der Waals surface area (Å²) in [5, 5.41) is 5.48. The lowest BCUT2D eigenvalue weighted by Crippen LogP contribution is -2.40. The maximum absolute atomic E-state index is 13.4. The second-order valence-corrected chi connectivity index (χ2v) is 9.30. The number of alkyl halides is 3. The molecule has 3 N–H and O–H groups in total. The number of esters is 1. The summed E-state index contributed by atoms with van der Waals surface area (Å²) < 4.78 is 45.2. The Kier molecular flexibility index (Phi) is 10.3. The molecule has 0 radical (unpaired) electrons. The number of carbonyl (C=O) groups excluding carboxylic acids is 4. The molecule has 40 heavy (non-hydrogen) atoms. The van der Waals surface area contributed by atoms with Crippen LogP contribution in [0.15, 0.2) is 48.6 Å². The Morgan fingerprint density at radius 2 is 1.98 bits per heavy atom. The number of ether oxygens (including phenoxy) is 1. The lowest BCUT2D eigenvalue weighted by molar-refractivity contribution is -0.138. The van der Waals surface area contributed by atoms with Crippen LogP contribution in [0.1, 0.15) is 48.7 Å². The zero-order valence-corrected chi connectivity index (χ0v) is 21.8. The van der Waals surface area contributed by atoms with E-state index in [1.165, 1.54) is 42.5 Å². The monoisotopic (exact) mass is 557 g/mol. The van der Waals surface area contributed by atoms with E-state index in [0.29, 0.717) is 13.0 Å². The van der Waals surface area contributed by atoms with E-state index >= 15 is 0 Å². The van der Waals surface area contributed by atoms with Crippen molar-refractivity contribution in [3.63, 3.8) is 0 Å². The van der Waals surface area contributed by atoms with Gasteiger partial charge in [-0.1, -0.05) is 24.3 Å². The van der Waals surface area contributed by atoms with E-state index in [9.17, 15) is 32.3 Å². The number of nitrogens with one attached hydrogen (secondary N) is 3. The Morgan fingerprint density at radius 1 is 1.23 bits per heavy atom. The molecule has 1 aliphatic heterocycles. The predicted octanol–water partition coefficient (Wildman–Crippen LogP) is 4.04. The Hall–Kier alpha value is -4.33. The third-order valence-corrected chi connectivity index (χ3v) is 6.46. The summed E-state index contributed by atoms with van der Waals surface area (Å²) >= 11 is 0. The van der Waals surface area contributed by atoms with Crippen LogP contribution in [0.5, 0.6) is 0 Å². The number of hydrogen-bond acceptors (Lipinski definition) is 5. The fourth-order valence-electron chi connectivity index (χ4n) is 4.46. The molecular formula is C29H30F3N3O5. The van der Waals surface area contributed by atoms with Gasteiger partial charge in [0.15, 0.2) is 5.78 Å². The highest BCUT2D eigenvalue weighted by molar-refractivity contribution is 5.98. The van der Waals surface area contributed by atoms with E-state index < -0.39 is 41.4 Å². The second kappa shape index (κ2) is 13.6. The number of amides is 2. The van der Waals surface area contributed by atoms with Crippen LogP contribution in [-0.4, -0.2) is 47.7 Å². The van der Waals surface area contributed by atoms with Gasteiger partial charge in [0.1, 0.15) is 0 Å². The Balaban J connectivity index is 1.74. The SMILES string of the molecule is C#CCC(CC(=O)c1ccc(-c2ccccc2C(F)(F)F)[nH]1)C(=O)NC(/C=C/C(=O)OCC)CC1CCNC1=O. The number of H-pyrrole nitrogens is 1. The van der Waals surface area contributed by atoms with E-state index in [4.69, 9.17) is 11.2 Å². The van der Waals surface area contributed by atoms with E-state index in [0.717, 1.165) is 6.07 Å². The number of Topliss-reactive ketones (excluding diaryl/α,β-unsaturated/α-hetero) is 1. The smallest absolute Gasteiger partial charge is 0.417 e. The van der Waals surface area contributed by atoms with Gasteiger partial charge in [0.05, 0.1) is 23.8 Å². The van der Waals surface area contributed by atoms with Gasteiger partial charge in [0.25, 0.3) is 0 Å². The highest BCUT2D eigenvalue weighted by Crippen LogP contribution is 2.36. The van der Waals surface area contributed by atoms with Gasteiger partial charge in [0, 0.05) is 48.7 Å². The van der Waals surface area contributed by atoms with Gasteiger partial charge in [-0.3, -0.25) is 14.4 Å². The number of ketones is 1. The highest BCUT2D eigenvalue weighted by atomic mass is 19.4. The van der Waals surface area contributed by atoms with Crippen molar-refractivity contribution in [3.8, 4) is 23.6 Å². The molecule has 3 atom stereocenters. The number of aromatic amines is 1. The van der Waals surface area contributed by atoms with Crippen LogP contribution in [-0.2, 0) is 25.3 Å². The Morgan fingerprint density at radius 3 is 2.62 bits per heavy atom. The van der Waals surface area contributed by atoms with Crippen molar-refractivity contribution in [1.82, 2.24) is 15.6 Å². The summed E-state index contributed by atoms with van der Waals surface area (Å²) in [5.41, 5.74) is -0.825. The summed E-state index contributed by atoms with van der Waals surface area (Å²) in [6.45, 7) is 2.32. The fourth-order valence-corrected chi connectivity index (χ4v) is 4.46. The largest absolute Gasteiger partial charge is 0.463 e.